The van der Waals surface area contributed by atoms with E-state index >= 15 is 0 Å². The fraction of sp³-hybridized carbons (Fsp3) is 0.190. The van der Waals surface area contributed by atoms with Crippen molar-refractivity contribution in [1.29, 1.82) is 0 Å². The van der Waals surface area contributed by atoms with Crippen molar-refractivity contribution in [3.63, 3.8) is 0 Å². The molecule has 0 aliphatic heterocycles. The van der Waals surface area contributed by atoms with Gasteiger partial charge in [0.1, 0.15) is 17.9 Å². The van der Waals surface area contributed by atoms with Crippen LogP contribution in [0.4, 0.5) is 11.4 Å². The van der Waals surface area contributed by atoms with Crippen LogP contribution >= 0.6 is 0 Å². The van der Waals surface area contributed by atoms with E-state index in [2.05, 4.69) is 39.8 Å². The molecule has 30 heavy (non-hydrogen) atoms. The number of nitrogens with one attached hydrogen (secondary N) is 1. The summed E-state index contributed by atoms with van der Waals surface area (Å²) >= 11 is 0. The largest absolute Gasteiger partial charge is 0.321 e. The van der Waals surface area contributed by atoms with Crippen molar-refractivity contribution in [2.75, 3.05) is 5.32 Å². The highest BCUT2D eigenvalue weighted by Gasteiger charge is 2.32. The molecule has 152 valence electrons. The number of aromatic nitrogens is 4. The molecule has 0 spiro atoms. The number of nitro groups is 1. The first kappa shape index (κ1) is 19.3. The van der Waals surface area contributed by atoms with E-state index in [-0.39, 0.29) is 11.6 Å². The third-order valence-electron chi connectivity index (χ3n) is 5.01. The van der Waals surface area contributed by atoms with Crippen LogP contribution in [0.1, 0.15) is 19.4 Å². The number of benzene rings is 2. The smallest absolute Gasteiger partial charge is 0.307 e. The Morgan fingerprint density at radius 3 is 2.63 bits per heavy atom. The van der Waals surface area contributed by atoms with Crippen LogP contribution in [-0.2, 0) is 16.9 Å². The van der Waals surface area contributed by atoms with Crippen LogP contribution in [0.3, 0.4) is 0 Å². The third-order valence-corrected chi connectivity index (χ3v) is 5.01. The maximum atomic E-state index is 12.8. The molecular formula is C21H20N6O3. The molecule has 2 aromatic carbocycles. The molecule has 0 saturated carbocycles. The van der Waals surface area contributed by atoms with Crippen LogP contribution in [-0.4, -0.2) is 30.4 Å². The lowest BCUT2D eigenvalue weighted by Crippen LogP contribution is -2.40. The minimum absolute atomic E-state index is 0.168. The van der Waals surface area contributed by atoms with E-state index in [9.17, 15) is 14.9 Å². The molecular weight excluding hydrogens is 384 g/mol. The summed E-state index contributed by atoms with van der Waals surface area (Å²) in [6.45, 7) is 3.84. The lowest BCUT2D eigenvalue weighted by Gasteiger charge is -2.23. The van der Waals surface area contributed by atoms with Crippen molar-refractivity contribution >= 4 is 28.1 Å². The summed E-state index contributed by atoms with van der Waals surface area (Å²) in [5.41, 5.74) is 0.374. The molecule has 0 bridgehead atoms. The Morgan fingerprint density at radius 2 is 1.87 bits per heavy atom. The Labute approximate surface area is 172 Å². The molecule has 1 amide bonds. The lowest BCUT2D eigenvalue weighted by atomic mass is 10.0. The third kappa shape index (κ3) is 3.64. The Morgan fingerprint density at radius 1 is 1.10 bits per heavy atom. The summed E-state index contributed by atoms with van der Waals surface area (Å²) in [5, 5.41) is 24.3. The van der Waals surface area contributed by atoms with Crippen LogP contribution in [0.25, 0.3) is 10.8 Å². The molecule has 1 N–H and O–H groups in total. The second-order valence-electron chi connectivity index (χ2n) is 7.48. The summed E-state index contributed by atoms with van der Waals surface area (Å²) < 4.78 is 3.03. The van der Waals surface area contributed by atoms with Crippen LogP contribution < -0.4 is 5.32 Å². The molecule has 2 heterocycles. The fourth-order valence-corrected chi connectivity index (χ4v) is 3.22. The summed E-state index contributed by atoms with van der Waals surface area (Å²) in [6, 6.07) is 14.3. The molecule has 9 heteroatoms. The lowest BCUT2D eigenvalue weighted by molar-refractivity contribution is -0.385. The van der Waals surface area contributed by atoms with E-state index in [0.29, 0.717) is 12.2 Å². The SMILES string of the molecule is CC(C)(C(=O)Nc1cnn(Cc2cccc3ccccc23)c1)n1cc([N+](=O)[O-])cn1. The minimum Gasteiger partial charge on any atom is -0.321 e. The zero-order valence-corrected chi connectivity index (χ0v) is 16.5. The van der Waals surface area contributed by atoms with Crippen molar-refractivity contribution in [2.45, 2.75) is 25.9 Å². The molecule has 0 aliphatic rings. The van der Waals surface area contributed by atoms with Gasteiger partial charge in [-0.15, -0.1) is 0 Å². The van der Waals surface area contributed by atoms with Crippen LogP contribution in [0.2, 0.25) is 0 Å². The van der Waals surface area contributed by atoms with Gasteiger partial charge >= 0.3 is 5.69 Å². The zero-order chi connectivity index (χ0) is 21.3. The van der Waals surface area contributed by atoms with Gasteiger partial charge in [-0.05, 0) is 30.2 Å². The Hall–Kier alpha value is -4.01. The van der Waals surface area contributed by atoms with Gasteiger partial charge in [-0.25, -0.2) is 0 Å². The van der Waals surface area contributed by atoms with E-state index in [0.717, 1.165) is 22.5 Å². The van der Waals surface area contributed by atoms with Gasteiger partial charge in [0.05, 0.1) is 23.4 Å². The summed E-state index contributed by atoms with van der Waals surface area (Å²) in [6.07, 6.45) is 5.69. The molecule has 0 atom stereocenters. The van der Waals surface area contributed by atoms with E-state index in [1.165, 1.54) is 10.9 Å². The van der Waals surface area contributed by atoms with Gasteiger partial charge < -0.3 is 5.32 Å². The highest BCUT2D eigenvalue weighted by Crippen LogP contribution is 2.22. The van der Waals surface area contributed by atoms with Crippen molar-refractivity contribution in [2.24, 2.45) is 0 Å². The summed E-state index contributed by atoms with van der Waals surface area (Å²) in [4.78, 5) is 23.1. The maximum absolute atomic E-state index is 12.8. The average molecular weight is 404 g/mol. The van der Waals surface area contributed by atoms with Gasteiger partial charge in [-0.2, -0.15) is 10.2 Å². The molecule has 4 aromatic rings. The molecule has 9 nitrogen and oxygen atoms in total. The van der Waals surface area contributed by atoms with E-state index < -0.39 is 10.5 Å². The topological polar surface area (TPSA) is 108 Å². The van der Waals surface area contributed by atoms with E-state index in [4.69, 9.17) is 0 Å². The quantitative estimate of drug-likeness (QED) is 0.390. The first-order valence-electron chi connectivity index (χ1n) is 9.35. The Bertz CT molecular complexity index is 1240. The van der Waals surface area contributed by atoms with Crippen LogP contribution in [0.5, 0.6) is 0 Å². The monoisotopic (exact) mass is 404 g/mol. The molecule has 0 radical (unpaired) electrons. The van der Waals surface area contributed by atoms with Crippen molar-refractivity contribution < 1.29 is 9.72 Å². The Kier molecular flexibility index (Phi) is 4.78. The average Bonchev–Trinajstić information content (AvgIpc) is 3.38. The van der Waals surface area contributed by atoms with Gasteiger partial charge in [-0.1, -0.05) is 42.5 Å². The van der Waals surface area contributed by atoms with Gasteiger partial charge in [0, 0.05) is 6.20 Å². The van der Waals surface area contributed by atoms with E-state index in [1.54, 1.807) is 30.9 Å². The molecule has 0 unspecified atom stereocenters. The molecule has 4 rings (SSSR count). The number of hydrogen-bond acceptors (Lipinski definition) is 5. The number of anilines is 1. The standard InChI is InChI=1S/C21H20N6O3/c1-21(2,26-14-18(11-23-26)27(29)30)20(28)24-17-10-22-25(13-17)12-16-8-5-7-15-6-3-4-9-19(15)16/h3-11,13-14H,12H2,1-2H3,(H,24,28). The minimum atomic E-state index is -1.12. The summed E-state index contributed by atoms with van der Waals surface area (Å²) in [5.74, 6) is -0.356. The molecule has 0 aliphatic carbocycles. The first-order chi connectivity index (χ1) is 14.3. The molecule has 2 aromatic heterocycles. The van der Waals surface area contributed by atoms with Gasteiger partial charge in [0.15, 0.2) is 0 Å². The maximum Gasteiger partial charge on any atom is 0.307 e. The second kappa shape index (κ2) is 7.43. The number of amides is 1. The predicted octanol–water partition coefficient (Wildman–Crippen LogP) is 3.56. The number of carbonyl (C=O) groups excluding carboxylic acids is 1. The number of rotatable bonds is 6. The van der Waals surface area contributed by atoms with Crippen molar-refractivity contribution in [1.82, 2.24) is 19.6 Å². The number of fused-ring (bicyclic) bond motifs is 1. The van der Waals surface area contributed by atoms with E-state index in [1.807, 2.05) is 18.2 Å². The Balaban J connectivity index is 1.49. The van der Waals surface area contributed by atoms with Gasteiger partial charge in [0.25, 0.3) is 5.91 Å². The highest BCUT2D eigenvalue weighted by atomic mass is 16.6. The fourth-order valence-electron chi connectivity index (χ4n) is 3.22. The highest BCUT2D eigenvalue weighted by molar-refractivity contribution is 5.95. The number of hydrogen-bond donors (Lipinski definition) is 1. The normalized spacial score (nSPS) is 11.5. The second-order valence-corrected chi connectivity index (χ2v) is 7.48. The summed E-state index contributed by atoms with van der Waals surface area (Å²) in [7, 11) is 0. The van der Waals surface area contributed by atoms with Crippen LogP contribution in [0.15, 0.2) is 67.3 Å². The van der Waals surface area contributed by atoms with Crippen LogP contribution in [0, 0.1) is 10.1 Å². The molecule has 0 fully saturated rings. The molecule has 0 saturated heterocycles. The predicted molar refractivity (Wildman–Crippen MR) is 112 cm³/mol. The number of carbonyl (C=O) groups is 1. The van der Waals surface area contributed by atoms with Crippen molar-refractivity contribution in [3.05, 3.63) is 82.9 Å². The van der Waals surface area contributed by atoms with Gasteiger partial charge in [0.2, 0.25) is 0 Å². The van der Waals surface area contributed by atoms with Gasteiger partial charge in [-0.3, -0.25) is 24.3 Å². The van der Waals surface area contributed by atoms with Crippen molar-refractivity contribution in [3.8, 4) is 0 Å². The zero-order valence-electron chi connectivity index (χ0n) is 16.5. The number of nitrogens with zero attached hydrogens (tertiary/aromatic N) is 5. The first-order valence-corrected chi connectivity index (χ1v) is 9.35.